The van der Waals surface area contributed by atoms with Gasteiger partial charge in [-0.1, -0.05) is 12.6 Å². The van der Waals surface area contributed by atoms with Gasteiger partial charge in [0.1, 0.15) is 0 Å². The van der Waals surface area contributed by atoms with Gasteiger partial charge >= 0.3 is 0 Å². The summed E-state index contributed by atoms with van der Waals surface area (Å²) in [7, 11) is 0. The van der Waals surface area contributed by atoms with Gasteiger partial charge in [0.15, 0.2) is 11.5 Å². The molecular formula is C22H21N3O3. The second-order valence-corrected chi connectivity index (χ2v) is 7.40. The van der Waals surface area contributed by atoms with E-state index in [-0.39, 0.29) is 12.7 Å². The van der Waals surface area contributed by atoms with E-state index in [1.54, 1.807) is 0 Å². The number of rotatable bonds is 5. The highest BCUT2D eigenvalue weighted by Gasteiger charge is 2.51. The standard InChI is InChI=1S/C22H21N3O3/c1-13(11-23)18-9-14-8-16(3-4-17(14)25-18)24-21(26)22(6-7-22)15-2-5-19-20(10-15)28-12-27-19/h2-5,8-10,25H,1,6-7,11-12,23H2,(H,24,26). The first-order valence-electron chi connectivity index (χ1n) is 9.32. The molecule has 0 saturated heterocycles. The fraction of sp³-hybridized carbons (Fsp3) is 0.227. The summed E-state index contributed by atoms with van der Waals surface area (Å²) in [5, 5.41) is 4.09. The molecule has 0 spiro atoms. The topological polar surface area (TPSA) is 89.4 Å². The molecule has 6 heteroatoms. The lowest BCUT2D eigenvalue weighted by Crippen LogP contribution is -2.27. The molecule has 28 heavy (non-hydrogen) atoms. The molecular weight excluding hydrogens is 354 g/mol. The number of carbonyl (C=O) groups excluding carboxylic acids is 1. The van der Waals surface area contributed by atoms with Crippen LogP contribution in [0.3, 0.4) is 0 Å². The third kappa shape index (κ3) is 2.65. The molecule has 2 aliphatic rings. The Bertz CT molecular complexity index is 1110. The maximum atomic E-state index is 13.1. The number of hydrogen-bond acceptors (Lipinski definition) is 4. The smallest absolute Gasteiger partial charge is 0.235 e. The largest absolute Gasteiger partial charge is 0.454 e. The first kappa shape index (κ1) is 16.9. The molecule has 1 amide bonds. The van der Waals surface area contributed by atoms with Crippen molar-refractivity contribution < 1.29 is 14.3 Å². The summed E-state index contributed by atoms with van der Waals surface area (Å²) in [4.78, 5) is 16.4. The highest BCUT2D eigenvalue weighted by Crippen LogP contribution is 2.51. The van der Waals surface area contributed by atoms with Gasteiger partial charge < -0.3 is 25.5 Å². The van der Waals surface area contributed by atoms with Gasteiger partial charge in [0.2, 0.25) is 12.7 Å². The first-order chi connectivity index (χ1) is 13.6. The molecule has 1 aliphatic heterocycles. The monoisotopic (exact) mass is 375 g/mol. The quantitative estimate of drug-likeness (QED) is 0.636. The van der Waals surface area contributed by atoms with E-state index in [0.29, 0.717) is 12.3 Å². The van der Waals surface area contributed by atoms with Crippen molar-refractivity contribution in [3.63, 3.8) is 0 Å². The zero-order valence-corrected chi connectivity index (χ0v) is 15.4. The van der Waals surface area contributed by atoms with Crippen LogP contribution in [-0.4, -0.2) is 24.2 Å². The maximum Gasteiger partial charge on any atom is 0.235 e. The SMILES string of the molecule is C=C(CN)c1cc2cc(NC(=O)C3(c4ccc5c(c4)OCO5)CC3)ccc2[nH]1. The van der Waals surface area contributed by atoms with E-state index in [9.17, 15) is 4.79 Å². The van der Waals surface area contributed by atoms with Crippen LogP contribution in [0.2, 0.25) is 0 Å². The van der Waals surface area contributed by atoms with Gasteiger partial charge in [-0.25, -0.2) is 0 Å². The van der Waals surface area contributed by atoms with Crippen molar-refractivity contribution in [3.8, 4) is 11.5 Å². The lowest BCUT2D eigenvalue weighted by atomic mass is 9.94. The molecule has 2 heterocycles. The van der Waals surface area contributed by atoms with Crippen LogP contribution < -0.4 is 20.5 Å². The molecule has 1 fully saturated rings. The van der Waals surface area contributed by atoms with E-state index in [1.165, 1.54) is 0 Å². The summed E-state index contributed by atoms with van der Waals surface area (Å²) in [6.07, 6.45) is 1.65. The molecule has 0 atom stereocenters. The summed E-state index contributed by atoms with van der Waals surface area (Å²) in [6.45, 7) is 4.59. The molecule has 0 bridgehead atoms. The molecule has 2 aromatic carbocycles. The van der Waals surface area contributed by atoms with Gasteiger partial charge in [-0.3, -0.25) is 4.79 Å². The van der Waals surface area contributed by atoms with Crippen LogP contribution >= 0.6 is 0 Å². The number of fused-ring (bicyclic) bond motifs is 2. The van der Waals surface area contributed by atoms with Crippen molar-refractivity contribution in [2.75, 3.05) is 18.7 Å². The lowest BCUT2D eigenvalue weighted by Gasteiger charge is -2.16. The fourth-order valence-electron chi connectivity index (χ4n) is 3.73. The van der Waals surface area contributed by atoms with Gasteiger partial charge in [-0.05, 0) is 60.4 Å². The Morgan fingerprint density at radius 2 is 1.96 bits per heavy atom. The van der Waals surface area contributed by atoms with Crippen LogP contribution in [0.1, 0.15) is 24.1 Å². The summed E-state index contributed by atoms with van der Waals surface area (Å²) < 4.78 is 10.8. The van der Waals surface area contributed by atoms with Crippen LogP contribution in [0.25, 0.3) is 16.5 Å². The number of nitrogens with one attached hydrogen (secondary N) is 2. The third-order valence-corrected chi connectivity index (χ3v) is 5.62. The minimum absolute atomic E-state index is 0.00726. The Hall–Kier alpha value is -3.25. The Morgan fingerprint density at radius 1 is 1.14 bits per heavy atom. The first-order valence-corrected chi connectivity index (χ1v) is 9.32. The van der Waals surface area contributed by atoms with E-state index in [2.05, 4.69) is 16.9 Å². The number of aromatic amines is 1. The molecule has 3 aromatic rings. The van der Waals surface area contributed by atoms with Crippen LogP contribution in [0.4, 0.5) is 5.69 Å². The molecule has 6 nitrogen and oxygen atoms in total. The van der Waals surface area contributed by atoms with Crippen LogP contribution in [0, 0.1) is 0 Å². The van der Waals surface area contributed by atoms with Gasteiger partial charge in [0.25, 0.3) is 0 Å². The predicted octanol–water partition coefficient (Wildman–Crippen LogP) is 3.54. The zero-order valence-electron chi connectivity index (χ0n) is 15.4. The van der Waals surface area contributed by atoms with Crippen LogP contribution in [0.5, 0.6) is 11.5 Å². The molecule has 0 unspecified atom stereocenters. The van der Waals surface area contributed by atoms with Gasteiger partial charge in [-0.15, -0.1) is 0 Å². The summed E-state index contributed by atoms with van der Waals surface area (Å²) in [6, 6.07) is 13.6. The average molecular weight is 375 g/mol. The zero-order chi connectivity index (χ0) is 19.3. The summed E-state index contributed by atoms with van der Waals surface area (Å²) in [5.41, 5.74) is 9.67. The molecule has 142 valence electrons. The number of anilines is 1. The number of ether oxygens (including phenoxy) is 2. The third-order valence-electron chi connectivity index (χ3n) is 5.62. The molecule has 1 saturated carbocycles. The van der Waals surface area contributed by atoms with E-state index < -0.39 is 5.41 Å². The van der Waals surface area contributed by atoms with Crippen LogP contribution in [-0.2, 0) is 10.2 Å². The minimum Gasteiger partial charge on any atom is -0.454 e. The number of benzene rings is 2. The summed E-state index contributed by atoms with van der Waals surface area (Å²) in [5.74, 6) is 1.44. The molecule has 1 aliphatic carbocycles. The number of hydrogen-bond donors (Lipinski definition) is 3. The highest BCUT2D eigenvalue weighted by molar-refractivity contribution is 6.02. The lowest BCUT2D eigenvalue weighted by molar-refractivity contribution is -0.118. The number of H-pyrrole nitrogens is 1. The molecule has 1 aromatic heterocycles. The number of aromatic nitrogens is 1. The van der Waals surface area contributed by atoms with E-state index >= 15 is 0 Å². The number of amides is 1. The van der Waals surface area contributed by atoms with Crippen molar-refractivity contribution in [2.45, 2.75) is 18.3 Å². The minimum atomic E-state index is -0.493. The summed E-state index contributed by atoms with van der Waals surface area (Å²) >= 11 is 0. The van der Waals surface area contributed by atoms with E-state index in [0.717, 1.165) is 52.0 Å². The molecule has 4 N–H and O–H groups in total. The Morgan fingerprint density at radius 3 is 2.75 bits per heavy atom. The average Bonchev–Trinajstić information content (AvgIpc) is 3.20. The van der Waals surface area contributed by atoms with Crippen molar-refractivity contribution in [2.24, 2.45) is 5.73 Å². The van der Waals surface area contributed by atoms with E-state index in [1.807, 2.05) is 42.5 Å². The number of nitrogens with two attached hydrogens (primary N) is 1. The second kappa shape index (κ2) is 6.14. The van der Waals surface area contributed by atoms with Crippen molar-refractivity contribution in [3.05, 3.63) is 60.3 Å². The Balaban J connectivity index is 1.39. The number of carbonyl (C=O) groups is 1. The molecule has 5 rings (SSSR count). The predicted molar refractivity (Wildman–Crippen MR) is 108 cm³/mol. The van der Waals surface area contributed by atoms with Crippen LogP contribution in [0.15, 0.2) is 49.0 Å². The fourth-order valence-corrected chi connectivity index (χ4v) is 3.73. The van der Waals surface area contributed by atoms with Crippen molar-refractivity contribution >= 4 is 28.1 Å². The maximum absolute atomic E-state index is 13.1. The second-order valence-electron chi connectivity index (χ2n) is 7.40. The van der Waals surface area contributed by atoms with Gasteiger partial charge in [0.05, 0.1) is 5.41 Å². The Labute approximate surface area is 162 Å². The van der Waals surface area contributed by atoms with Gasteiger partial charge in [-0.2, -0.15) is 0 Å². The molecule has 0 radical (unpaired) electrons. The Kier molecular flexibility index (Phi) is 3.70. The van der Waals surface area contributed by atoms with E-state index in [4.69, 9.17) is 15.2 Å². The van der Waals surface area contributed by atoms with Gasteiger partial charge in [0, 0.05) is 28.8 Å². The van der Waals surface area contributed by atoms with Crippen molar-refractivity contribution in [1.29, 1.82) is 0 Å². The van der Waals surface area contributed by atoms with Crippen molar-refractivity contribution in [1.82, 2.24) is 4.98 Å². The highest BCUT2D eigenvalue weighted by atomic mass is 16.7. The normalized spacial score (nSPS) is 16.2.